The van der Waals surface area contributed by atoms with Gasteiger partial charge in [0.2, 0.25) is 10.0 Å². The molecule has 1 aliphatic heterocycles. The molecule has 1 heterocycles. The van der Waals surface area contributed by atoms with E-state index in [1.54, 1.807) is 19.9 Å². The predicted molar refractivity (Wildman–Crippen MR) is 100 cm³/mol. The second kappa shape index (κ2) is 9.31. The number of piperazine rings is 1. The fraction of sp³-hybridized carbons (Fsp3) is 0.588. The van der Waals surface area contributed by atoms with E-state index >= 15 is 0 Å². The van der Waals surface area contributed by atoms with E-state index in [0.29, 0.717) is 6.54 Å². The van der Waals surface area contributed by atoms with Gasteiger partial charge in [0, 0.05) is 50.9 Å². The van der Waals surface area contributed by atoms with Crippen LogP contribution in [0, 0.1) is 0 Å². The summed E-state index contributed by atoms with van der Waals surface area (Å²) >= 11 is 0. The summed E-state index contributed by atoms with van der Waals surface area (Å²) in [6.07, 6.45) is 0. The van der Waals surface area contributed by atoms with E-state index in [1.165, 1.54) is 19.2 Å². The lowest BCUT2D eigenvalue weighted by Gasteiger charge is -2.27. The number of nitrogens with zero attached hydrogens (tertiary/aromatic N) is 1. The topological polar surface area (TPSA) is 99.8 Å². The number of sulfonamides is 1. The third kappa shape index (κ3) is 5.66. The molecule has 146 valence electrons. The van der Waals surface area contributed by atoms with Crippen molar-refractivity contribution in [2.75, 3.05) is 46.4 Å². The minimum atomic E-state index is -3.77. The van der Waals surface area contributed by atoms with Crippen LogP contribution in [0.15, 0.2) is 23.1 Å². The summed E-state index contributed by atoms with van der Waals surface area (Å²) in [5.74, 6) is -0.0979. The van der Waals surface area contributed by atoms with Gasteiger partial charge in [0.25, 0.3) is 5.91 Å². The average Bonchev–Trinajstić information content (AvgIpc) is 2.61. The molecular weight excluding hydrogens is 356 g/mol. The Balaban J connectivity index is 2.06. The van der Waals surface area contributed by atoms with Gasteiger partial charge in [0.05, 0.1) is 7.11 Å². The number of rotatable bonds is 8. The number of amides is 1. The molecule has 1 amide bonds. The van der Waals surface area contributed by atoms with E-state index in [2.05, 4.69) is 20.3 Å². The maximum absolute atomic E-state index is 12.5. The molecule has 0 aliphatic carbocycles. The third-order valence-electron chi connectivity index (χ3n) is 4.03. The van der Waals surface area contributed by atoms with E-state index in [-0.39, 0.29) is 28.2 Å². The standard InChI is InChI=1S/C17H28N4O4S/c1-13(2)20-26(23,24)16-12-14(4-5-15(16)25-3)17(22)19-8-11-21-9-6-18-7-10-21/h4-5,12-13,18,20H,6-11H2,1-3H3,(H,19,22). The van der Waals surface area contributed by atoms with E-state index in [1.807, 2.05) is 0 Å². The summed E-state index contributed by atoms with van der Waals surface area (Å²) in [5, 5.41) is 6.13. The van der Waals surface area contributed by atoms with Crippen molar-refractivity contribution >= 4 is 15.9 Å². The monoisotopic (exact) mass is 384 g/mol. The molecule has 1 aliphatic rings. The van der Waals surface area contributed by atoms with Crippen LogP contribution >= 0.6 is 0 Å². The largest absolute Gasteiger partial charge is 0.495 e. The Morgan fingerprint density at radius 3 is 2.62 bits per heavy atom. The second-order valence-electron chi connectivity index (χ2n) is 6.49. The van der Waals surface area contributed by atoms with E-state index < -0.39 is 10.0 Å². The van der Waals surface area contributed by atoms with Crippen LogP contribution in [0.5, 0.6) is 5.75 Å². The van der Waals surface area contributed by atoms with Crippen molar-refractivity contribution < 1.29 is 17.9 Å². The maximum atomic E-state index is 12.5. The molecule has 0 atom stereocenters. The van der Waals surface area contributed by atoms with Gasteiger partial charge in [-0.2, -0.15) is 0 Å². The highest BCUT2D eigenvalue weighted by Gasteiger charge is 2.22. The van der Waals surface area contributed by atoms with Gasteiger partial charge in [-0.05, 0) is 32.0 Å². The maximum Gasteiger partial charge on any atom is 0.251 e. The van der Waals surface area contributed by atoms with E-state index in [4.69, 9.17) is 4.74 Å². The van der Waals surface area contributed by atoms with Gasteiger partial charge in [0.1, 0.15) is 10.6 Å². The molecule has 0 saturated carbocycles. The van der Waals surface area contributed by atoms with Crippen LogP contribution in [0.25, 0.3) is 0 Å². The van der Waals surface area contributed by atoms with Crippen LogP contribution in [0.1, 0.15) is 24.2 Å². The van der Waals surface area contributed by atoms with Gasteiger partial charge in [-0.15, -0.1) is 0 Å². The zero-order valence-electron chi connectivity index (χ0n) is 15.5. The van der Waals surface area contributed by atoms with E-state index in [9.17, 15) is 13.2 Å². The van der Waals surface area contributed by atoms with Crippen LogP contribution in [0.4, 0.5) is 0 Å². The SMILES string of the molecule is COc1ccc(C(=O)NCCN2CCNCC2)cc1S(=O)(=O)NC(C)C. The van der Waals surface area contributed by atoms with Crippen LogP contribution < -0.4 is 20.1 Å². The number of nitrogens with one attached hydrogen (secondary N) is 3. The number of hydrogen-bond donors (Lipinski definition) is 3. The number of ether oxygens (including phenoxy) is 1. The van der Waals surface area contributed by atoms with Crippen molar-refractivity contribution in [3.63, 3.8) is 0 Å². The summed E-state index contributed by atoms with van der Waals surface area (Å²) in [7, 11) is -2.37. The lowest BCUT2D eigenvalue weighted by molar-refractivity contribution is 0.0947. The van der Waals surface area contributed by atoms with Gasteiger partial charge < -0.3 is 15.4 Å². The molecule has 3 N–H and O–H groups in total. The normalized spacial score (nSPS) is 15.8. The number of methoxy groups -OCH3 is 1. The van der Waals surface area contributed by atoms with Crippen LogP contribution in [-0.2, 0) is 10.0 Å². The van der Waals surface area contributed by atoms with Crippen molar-refractivity contribution in [3.8, 4) is 5.75 Å². The Labute approximate surface area is 155 Å². The minimum Gasteiger partial charge on any atom is -0.495 e. The molecule has 1 aromatic rings. The number of hydrogen-bond acceptors (Lipinski definition) is 6. The quantitative estimate of drug-likeness (QED) is 0.584. The van der Waals surface area contributed by atoms with Gasteiger partial charge in [0.15, 0.2) is 0 Å². The molecule has 0 spiro atoms. The van der Waals surface area contributed by atoms with Gasteiger partial charge in [-0.1, -0.05) is 0 Å². The number of carbonyl (C=O) groups is 1. The summed E-state index contributed by atoms with van der Waals surface area (Å²) in [6.45, 7) is 8.57. The molecular formula is C17H28N4O4S. The fourth-order valence-corrected chi connectivity index (χ4v) is 4.21. The molecule has 26 heavy (non-hydrogen) atoms. The van der Waals surface area contributed by atoms with Crippen molar-refractivity contribution in [1.82, 2.24) is 20.3 Å². The van der Waals surface area contributed by atoms with Gasteiger partial charge in [-0.25, -0.2) is 13.1 Å². The summed E-state index contributed by atoms with van der Waals surface area (Å²) in [4.78, 5) is 14.6. The van der Waals surface area contributed by atoms with Crippen LogP contribution in [0.3, 0.4) is 0 Å². The van der Waals surface area contributed by atoms with E-state index in [0.717, 1.165) is 32.7 Å². The molecule has 0 radical (unpaired) electrons. The molecule has 1 aromatic carbocycles. The Hall–Kier alpha value is -1.68. The summed E-state index contributed by atoms with van der Waals surface area (Å²) < 4.78 is 32.6. The van der Waals surface area contributed by atoms with Crippen molar-refractivity contribution in [3.05, 3.63) is 23.8 Å². The Morgan fingerprint density at radius 1 is 1.31 bits per heavy atom. The van der Waals surface area contributed by atoms with Crippen LogP contribution in [0.2, 0.25) is 0 Å². The lowest BCUT2D eigenvalue weighted by atomic mass is 10.2. The average molecular weight is 385 g/mol. The van der Waals surface area contributed by atoms with Crippen molar-refractivity contribution in [2.45, 2.75) is 24.8 Å². The Morgan fingerprint density at radius 2 is 2.00 bits per heavy atom. The molecule has 0 unspecified atom stereocenters. The minimum absolute atomic E-state index is 0.0385. The van der Waals surface area contributed by atoms with Crippen molar-refractivity contribution in [2.24, 2.45) is 0 Å². The highest BCUT2D eigenvalue weighted by atomic mass is 32.2. The number of benzene rings is 1. The first-order chi connectivity index (χ1) is 12.3. The Kier molecular flexibility index (Phi) is 7.39. The predicted octanol–water partition coefficient (Wildman–Crippen LogP) is 0.0169. The van der Waals surface area contributed by atoms with Crippen LogP contribution in [-0.4, -0.2) is 71.6 Å². The second-order valence-corrected chi connectivity index (χ2v) is 8.17. The van der Waals surface area contributed by atoms with Gasteiger partial charge in [-0.3, -0.25) is 9.69 Å². The molecule has 2 rings (SSSR count). The highest BCUT2D eigenvalue weighted by Crippen LogP contribution is 2.25. The first-order valence-corrected chi connectivity index (χ1v) is 10.2. The van der Waals surface area contributed by atoms with Gasteiger partial charge >= 0.3 is 0 Å². The first kappa shape index (κ1) is 20.6. The zero-order chi connectivity index (χ0) is 19.2. The molecule has 9 heteroatoms. The smallest absolute Gasteiger partial charge is 0.251 e. The number of carbonyl (C=O) groups excluding carboxylic acids is 1. The Bertz CT molecular complexity index is 715. The molecule has 1 saturated heterocycles. The first-order valence-electron chi connectivity index (χ1n) is 8.75. The van der Waals surface area contributed by atoms with Crippen molar-refractivity contribution in [1.29, 1.82) is 0 Å². The summed E-state index contributed by atoms with van der Waals surface area (Å²) in [5.41, 5.74) is 0.287. The molecule has 0 bridgehead atoms. The molecule has 0 aromatic heterocycles. The highest BCUT2D eigenvalue weighted by molar-refractivity contribution is 7.89. The summed E-state index contributed by atoms with van der Waals surface area (Å²) in [6, 6.07) is 4.15. The molecule has 8 nitrogen and oxygen atoms in total. The molecule has 1 fully saturated rings. The third-order valence-corrected chi connectivity index (χ3v) is 5.71. The zero-order valence-corrected chi connectivity index (χ0v) is 16.4. The lowest BCUT2D eigenvalue weighted by Crippen LogP contribution is -2.46. The fourth-order valence-electron chi connectivity index (χ4n) is 2.77.